The number of carbonyl (C=O) groups is 1. The van der Waals surface area contributed by atoms with Crippen LogP contribution in [0, 0.1) is 0 Å². The summed E-state index contributed by atoms with van der Waals surface area (Å²) >= 11 is 0. The van der Waals surface area contributed by atoms with Gasteiger partial charge in [0.2, 0.25) is 0 Å². The maximum absolute atomic E-state index is 12.4. The van der Waals surface area contributed by atoms with E-state index in [2.05, 4.69) is 10.1 Å². The van der Waals surface area contributed by atoms with Crippen molar-refractivity contribution in [2.75, 3.05) is 20.8 Å². The second-order valence-corrected chi connectivity index (χ2v) is 5.67. The third kappa shape index (κ3) is 6.49. The summed E-state index contributed by atoms with van der Waals surface area (Å²) in [6, 6.07) is 11.7. The van der Waals surface area contributed by atoms with E-state index in [4.69, 9.17) is 9.47 Å². The highest BCUT2D eigenvalue weighted by molar-refractivity contribution is 5.97. The Morgan fingerprint density at radius 1 is 1.00 bits per heavy atom. The summed E-state index contributed by atoms with van der Waals surface area (Å²) in [6.07, 6.45) is -4.34. The minimum absolute atomic E-state index is 0.132. The molecule has 5 nitrogen and oxygen atoms in total. The Bertz CT molecular complexity index is 761. The number of alkyl halides is 3. The van der Waals surface area contributed by atoms with Crippen molar-refractivity contribution in [3.8, 4) is 11.5 Å². The Morgan fingerprint density at radius 3 is 2.26 bits per heavy atom. The van der Waals surface area contributed by atoms with Gasteiger partial charge in [-0.15, -0.1) is 0 Å². The van der Waals surface area contributed by atoms with Crippen LogP contribution in [-0.2, 0) is 17.9 Å². The quantitative estimate of drug-likeness (QED) is 0.755. The molecule has 1 amide bonds. The lowest BCUT2D eigenvalue weighted by Crippen LogP contribution is -2.23. The highest BCUT2D eigenvalue weighted by Gasteiger charge is 2.27. The van der Waals surface area contributed by atoms with Gasteiger partial charge in [-0.25, -0.2) is 0 Å². The molecule has 0 aliphatic carbocycles. The van der Waals surface area contributed by atoms with Crippen molar-refractivity contribution in [3.63, 3.8) is 0 Å². The summed E-state index contributed by atoms with van der Waals surface area (Å²) in [5, 5.41) is 2.77. The fraction of sp³-hybridized carbons (Fsp3) is 0.316. The number of rotatable bonds is 8. The first-order valence-electron chi connectivity index (χ1n) is 8.05. The number of benzene rings is 2. The molecule has 8 heteroatoms. The fourth-order valence-electron chi connectivity index (χ4n) is 2.31. The first-order valence-corrected chi connectivity index (χ1v) is 8.05. The van der Waals surface area contributed by atoms with Crippen LogP contribution in [0.4, 0.5) is 13.2 Å². The Labute approximate surface area is 155 Å². The molecule has 2 rings (SSSR count). The SMILES string of the molecule is COc1ccc(OC)c(C(=O)NCc2ccc(COCC(F)(F)F)cc2)c1. The number of ether oxygens (including phenoxy) is 3. The van der Waals surface area contributed by atoms with Crippen LogP contribution in [-0.4, -0.2) is 32.9 Å². The third-order valence-electron chi connectivity index (χ3n) is 3.66. The van der Waals surface area contributed by atoms with E-state index in [9.17, 15) is 18.0 Å². The molecular weight excluding hydrogens is 363 g/mol. The standard InChI is InChI=1S/C19H20F3NO4/c1-25-15-7-8-17(26-2)16(9-15)18(24)23-10-13-3-5-14(6-4-13)11-27-12-19(20,21)22/h3-9H,10-12H2,1-2H3,(H,23,24). The summed E-state index contributed by atoms with van der Waals surface area (Å²) in [5.74, 6) is 0.623. The van der Waals surface area contributed by atoms with E-state index in [-0.39, 0.29) is 19.1 Å². The zero-order chi connectivity index (χ0) is 19.9. The number of amides is 1. The van der Waals surface area contributed by atoms with Crippen LogP contribution in [0.25, 0.3) is 0 Å². The minimum Gasteiger partial charge on any atom is -0.497 e. The normalized spacial score (nSPS) is 11.1. The second-order valence-electron chi connectivity index (χ2n) is 5.67. The maximum Gasteiger partial charge on any atom is 0.411 e. The molecule has 0 bridgehead atoms. The van der Waals surface area contributed by atoms with Gasteiger partial charge in [0, 0.05) is 6.54 Å². The Hall–Kier alpha value is -2.74. The first-order chi connectivity index (χ1) is 12.8. The minimum atomic E-state index is -4.34. The lowest BCUT2D eigenvalue weighted by atomic mass is 10.1. The summed E-state index contributed by atoms with van der Waals surface area (Å²) in [4.78, 5) is 12.4. The fourth-order valence-corrected chi connectivity index (χ4v) is 2.31. The molecule has 2 aromatic carbocycles. The molecule has 0 unspecified atom stereocenters. The molecule has 1 N–H and O–H groups in total. The van der Waals surface area contributed by atoms with Gasteiger partial charge in [-0.05, 0) is 29.3 Å². The number of hydrogen-bond acceptors (Lipinski definition) is 4. The predicted molar refractivity (Wildman–Crippen MR) is 92.9 cm³/mol. The van der Waals surface area contributed by atoms with Gasteiger partial charge in [0.15, 0.2) is 0 Å². The molecule has 0 aliphatic heterocycles. The molecular formula is C19H20F3NO4. The van der Waals surface area contributed by atoms with Crippen molar-refractivity contribution in [3.05, 3.63) is 59.2 Å². The van der Waals surface area contributed by atoms with Crippen LogP contribution >= 0.6 is 0 Å². The van der Waals surface area contributed by atoms with Crippen LogP contribution in [0.15, 0.2) is 42.5 Å². The maximum atomic E-state index is 12.4. The van der Waals surface area contributed by atoms with Crippen LogP contribution in [0.5, 0.6) is 11.5 Å². The molecule has 0 radical (unpaired) electrons. The Balaban J connectivity index is 1.92. The lowest BCUT2D eigenvalue weighted by molar-refractivity contribution is -0.176. The van der Waals surface area contributed by atoms with Crippen molar-refractivity contribution in [2.24, 2.45) is 0 Å². The summed E-state index contributed by atoms with van der Waals surface area (Å²) in [7, 11) is 2.97. The van der Waals surface area contributed by atoms with Crippen LogP contribution < -0.4 is 14.8 Å². The summed E-state index contributed by atoms with van der Waals surface area (Å²) in [5.41, 5.74) is 1.75. The van der Waals surface area contributed by atoms with E-state index < -0.39 is 12.8 Å². The van der Waals surface area contributed by atoms with Crippen molar-refractivity contribution in [2.45, 2.75) is 19.3 Å². The van der Waals surface area contributed by atoms with Gasteiger partial charge < -0.3 is 19.5 Å². The van der Waals surface area contributed by atoms with Gasteiger partial charge in [-0.1, -0.05) is 24.3 Å². The molecule has 0 atom stereocenters. The number of methoxy groups -OCH3 is 2. The Kier molecular flexibility index (Phi) is 7.06. The highest BCUT2D eigenvalue weighted by Crippen LogP contribution is 2.24. The van der Waals surface area contributed by atoms with Crippen molar-refractivity contribution < 1.29 is 32.2 Å². The van der Waals surface area contributed by atoms with E-state index >= 15 is 0 Å². The highest BCUT2D eigenvalue weighted by atomic mass is 19.4. The van der Waals surface area contributed by atoms with Gasteiger partial charge in [0.1, 0.15) is 18.1 Å². The Morgan fingerprint density at radius 2 is 1.67 bits per heavy atom. The summed E-state index contributed by atoms with van der Waals surface area (Å²) < 4.78 is 51.1. The van der Waals surface area contributed by atoms with Crippen LogP contribution in [0.2, 0.25) is 0 Å². The van der Waals surface area contributed by atoms with Gasteiger partial charge in [0.05, 0.1) is 26.4 Å². The number of carbonyl (C=O) groups excluding carboxylic acids is 1. The van der Waals surface area contributed by atoms with Crippen molar-refractivity contribution in [1.82, 2.24) is 5.32 Å². The van der Waals surface area contributed by atoms with Gasteiger partial charge >= 0.3 is 6.18 Å². The van der Waals surface area contributed by atoms with E-state index in [0.717, 1.165) is 5.56 Å². The molecule has 146 valence electrons. The number of hydrogen-bond donors (Lipinski definition) is 1. The second kappa shape index (κ2) is 9.27. The van der Waals surface area contributed by atoms with E-state index in [0.29, 0.717) is 22.6 Å². The van der Waals surface area contributed by atoms with E-state index in [1.54, 1.807) is 42.5 Å². The van der Waals surface area contributed by atoms with Crippen molar-refractivity contribution >= 4 is 5.91 Å². The predicted octanol–water partition coefficient (Wildman–Crippen LogP) is 3.71. The van der Waals surface area contributed by atoms with Crippen molar-refractivity contribution in [1.29, 1.82) is 0 Å². The molecule has 0 saturated carbocycles. The average molecular weight is 383 g/mol. The zero-order valence-corrected chi connectivity index (χ0v) is 14.9. The number of nitrogens with one attached hydrogen (secondary N) is 1. The van der Waals surface area contributed by atoms with E-state index in [1.807, 2.05) is 0 Å². The topological polar surface area (TPSA) is 56.8 Å². The van der Waals surface area contributed by atoms with Crippen LogP contribution in [0.1, 0.15) is 21.5 Å². The molecule has 0 heterocycles. The van der Waals surface area contributed by atoms with Gasteiger partial charge in [-0.3, -0.25) is 4.79 Å². The smallest absolute Gasteiger partial charge is 0.411 e. The lowest BCUT2D eigenvalue weighted by Gasteiger charge is -2.11. The summed E-state index contributed by atoms with van der Waals surface area (Å²) in [6.45, 7) is -1.16. The molecule has 0 aliphatic rings. The molecule has 0 fully saturated rings. The van der Waals surface area contributed by atoms with Gasteiger partial charge in [-0.2, -0.15) is 13.2 Å². The molecule has 0 spiro atoms. The zero-order valence-electron chi connectivity index (χ0n) is 14.9. The number of halogens is 3. The van der Waals surface area contributed by atoms with Gasteiger partial charge in [0.25, 0.3) is 5.91 Å². The average Bonchev–Trinajstić information content (AvgIpc) is 2.65. The van der Waals surface area contributed by atoms with E-state index in [1.165, 1.54) is 14.2 Å². The van der Waals surface area contributed by atoms with Crippen LogP contribution in [0.3, 0.4) is 0 Å². The molecule has 27 heavy (non-hydrogen) atoms. The molecule has 2 aromatic rings. The monoisotopic (exact) mass is 383 g/mol. The third-order valence-corrected chi connectivity index (χ3v) is 3.66. The molecule has 0 saturated heterocycles. The molecule has 0 aromatic heterocycles. The largest absolute Gasteiger partial charge is 0.497 e. The first kappa shape index (κ1) is 20.6.